The van der Waals surface area contributed by atoms with E-state index in [-0.39, 0.29) is 23.2 Å². The van der Waals surface area contributed by atoms with Gasteiger partial charge in [-0.15, -0.1) is 10.2 Å². The van der Waals surface area contributed by atoms with Crippen molar-refractivity contribution in [3.8, 4) is 5.69 Å². The molecule has 1 aromatic heterocycles. The number of amides is 1. The second kappa shape index (κ2) is 9.53. The lowest BCUT2D eigenvalue weighted by atomic mass is 10.1. The minimum atomic E-state index is -0.500. The predicted molar refractivity (Wildman–Crippen MR) is 116 cm³/mol. The summed E-state index contributed by atoms with van der Waals surface area (Å²) in [7, 11) is 0. The first-order valence-corrected chi connectivity index (χ1v) is 10.5. The lowest BCUT2D eigenvalue weighted by Gasteiger charge is -2.11. The van der Waals surface area contributed by atoms with E-state index in [0.29, 0.717) is 23.1 Å². The van der Waals surface area contributed by atoms with Crippen LogP contribution in [0.4, 0.5) is 14.5 Å². The van der Waals surface area contributed by atoms with Crippen molar-refractivity contribution >= 4 is 23.4 Å². The molecule has 5 nitrogen and oxygen atoms in total. The van der Waals surface area contributed by atoms with Crippen molar-refractivity contribution in [2.24, 2.45) is 0 Å². The maximum Gasteiger partial charge on any atom is 0.234 e. The molecule has 8 heteroatoms. The molecule has 1 N–H and O–H groups in total. The van der Waals surface area contributed by atoms with Crippen molar-refractivity contribution in [1.82, 2.24) is 14.8 Å². The maximum atomic E-state index is 13.8. The fraction of sp³-hybridized carbons (Fsp3) is 0.0870. The number of hydrogen-bond donors (Lipinski definition) is 1. The first-order valence-electron chi connectivity index (χ1n) is 9.51. The zero-order valence-corrected chi connectivity index (χ0v) is 17.2. The van der Waals surface area contributed by atoms with E-state index in [0.717, 1.165) is 5.56 Å². The largest absolute Gasteiger partial charge is 0.323 e. The number of carbonyl (C=O) groups excluding carboxylic acids is 1. The number of rotatable bonds is 7. The maximum absolute atomic E-state index is 13.8. The van der Waals surface area contributed by atoms with Gasteiger partial charge in [-0.25, -0.2) is 8.78 Å². The van der Waals surface area contributed by atoms with Gasteiger partial charge in [0.15, 0.2) is 5.16 Å². The molecule has 4 aromatic rings. The first kappa shape index (κ1) is 20.7. The van der Waals surface area contributed by atoms with Gasteiger partial charge in [-0.05, 0) is 42.0 Å². The van der Waals surface area contributed by atoms with Gasteiger partial charge in [-0.3, -0.25) is 9.36 Å². The number of nitrogens with one attached hydrogen (secondary N) is 1. The van der Waals surface area contributed by atoms with E-state index in [1.165, 1.54) is 36.0 Å². The molecule has 0 bridgehead atoms. The molecule has 4 rings (SSSR count). The smallest absolute Gasteiger partial charge is 0.234 e. The predicted octanol–water partition coefficient (Wildman–Crippen LogP) is 4.87. The van der Waals surface area contributed by atoms with Crippen LogP contribution in [0.1, 0.15) is 11.4 Å². The highest BCUT2D eigenvalue weighted by Crippen LogP contribution is 2.24. The topological polar surface area (TPSA) is 59.8 Å². The zero-order valence-electron chi connectivity index (χ0n) is 16.3. The summed E-state index contributed by atoms with van der Waals surface area (Å²) in [5.74, 6) is -0.539. The van der Waals surface area contributed by atoms with Gasteiger partial charge in [0.25, 0.3) is 0 Å². The quantitative estimate of drug-likeness (QED) is 0.420. The Bertz CT molecular complexity index is 1180. The van der Waals surface area contributed by atoms with Crippen LogP contribution in [0, 0.1) is 11.6 Å². The van der Waals surface area contributed by atoms with Crippen LogP contribution in [0.5, 0.6) is 0 Å². The molecule has 0 radical (unpaired) electrons. The number of para-hydroxylation sites is 1. The molecule has 0 saturated heterocycles. The van der Waals surface area contributed by atoms with Crippen LogP contribution in [0.3, 0.4) is 0 Å². The Hall–Kier alpha value is -3.52. The molecule has 0 aliphatic carbocycles. The lowest BCUT2D eigenvalue weighted by molar-refractivity contribution is -0.113. The van der Waals surface area contributed by atoms with Crippen LogP contribution in [-0.2, 0) is 11.2 Å². The number of anilines is 1. The van der Waals surface area contributed by atoms with E-state index >= 15 is 0 Å². The Morgan fingerprint density at radius 3 is 2.35 bits per heavy atom. The third kappa shape index (κ3) is 5.16. The Morgan fingerprint density at radius 2 is 1.61 bits per heavy atom. The van der Waals surface area contributed by atoms with Gasteiger partial charge in [0.05, 0.1) is 11.4 Å². The van der Waals surface area contributed by atoms with Crippen LogP contribution in [0.25, 0.3) is 5.69 Å². The van der Waals surface area contributed by atoms with Crippen molar-refractivity contribution < 1.29 is 13.6 Å². The molecule has 0 saturated carbocycles. The molecule has 0 unspecified atom stereocenters. The van der Waals surface area contributed by atoms with Crippen LogP contribution in [0.15, 0.2) is 84.0 Å². The molecule has 0 fully saturated rings. The minimum absolute atomic E-state index is 0.0129. The average molecular weight is 436 g/mol. The standard InChI is InChI=1S/C23H18F2N4OS/c24-17-10-12-18(13-11-17)29-21(14-16-6-2-1-3-7-16)27-28-23(29)31-15-22(30)26-20-9-5-4-8-19(20)25/h1-13H,14-15H2,(H,26,30). The molecule has 0 spiro atoms. The summed E-state index contributed by atoms with van der Waals surface area (Å²) in [5, 5.41) is 11.6. The molecule has 1 heterocycles. The van der Waals surface area contributed by atoms with Crippen molar-refractivity contribution in [1.29, 1.82) is 0 Å². The number of nitrogens with zero attached hydrogens (tertiary/aromatic N) is 3. The molecule has 156 valence electrons. The van der Waals surface area contributed by atoms with Crippen LogP contribution >= 0.6 is 11.8 Å². The van der Waals surface area contributed by atoms with Crippen LogP contribution < -0.4 is 5.32 Å². The highest BCUT2D eigenvalue weighted by atomic mass is 32.2. The fourth-order valence-electron chi connectivity index (χ4n) is 3.02. The average Bonchev–Trinajstić information content (AvgIpc) is 3.17. The molecule has 1 amide bonds. The second-order valence-electron chi connectivity index (χ2n) is 6.69. The van der Waals surface area contributed by atoms with Crippen molar-refractivity contribution in [2.75, 3.05) is 11.1 Å². The Labute approximate surface area is 182 Å². The normalized spacial score (nSPS) is 10.8. The van der Waals surface area contributed by atoms with E-state index in [2.05, 4.69) is 15.5 Å². The van der Waals surface area contributed by atoms with E-state index in [4.69, 9.17) is 0 Å². The van der Waals surface area contributed by atoms with E-state index in [9.17, 15) is 13.6 Å². The van der Waals surface area contributed by atoms with Gasteiger partial charge in [0.2, 0.25) is 5.91 Å². The first-order chi connectivity index (χ1) is 15.1. The Morgan fingerprint density at radius 1 is 0.903 bits per heavy atom. The van der Waals surface area contributed by atoms with Gasteiger partial charge < -0.3 is 5.32 Å². The van der Waals surface area contributed by atoms with Gasteiger partial charge >= 0.3 is 0 Å². The highest BCUT2D eigenvalue weighted by molar-refractivity contribution is 7.99. The van der Waals surface area contributed by atoms with Gasteiger partial charge in [0, 0.05) is 12.1 Å². The summed E-state index contributed by atoms with van der Waals surface area (Å²) in [6.45, 7) is 0. The summed E-state index contributed by atoms with van der Waals surface area (Å²) in [4.78, 5) is 12.3. The van der Waals surface area contributed by atoms with Crippen molar-refractivity contribution in [2.45, 2.75) is 11.6 Å². The zero-order chi connectivity index (χ0) is 21.6. The number of thioether (sulfide) groups is 1. The summed E-state index contributed by atoms with van der Waals surface area (Å²) < 4.78 is 29.0. The van der Waals surface area contributed by atoms with Gasteiger partial charge in [0.1, 0.15) is 17.5 Å². The van der Waals surface area contributed by atoms with E-state index < -0.39 is 5.82 Å². The highest BCUT2D eigenvalue weighted by Gasteiger charge is 2.17. The van der Waals surface area contributed by atoms with E-state index in [1.807, 2.05) is 30.3 Å². The third-order valence-corrected chi connectivity index (χ3v) is 5.40. The molecule has 0 atom stereocenters. The van der Waals surface area contributed by atoms with Crippen LogP contribution in [-0.4, -0.2) is 26.4 Å². The van der Waals surface area contributed by atoms with Gasteiger partial charge in [-0.1, -0.05) is 54.2 Å². The summed E-state index contributed by atoms with van der Waals surface area (Å²) in [6.07, 6.45) is 0.521. The third-order valence-electron chi connectivity index (χ3n) is 4.47. The van der Waals surface area contributed by atoms with Crippen molar-refractivity contribution in [3.63, 3.8) is 0 Å². The summed E-state index contributed by atoms with van der Waals surface area (Å²) >= 11 is 1.17. The minimum Gasteiger partial charge on any atom is -0.323 e. The Balaban J connectivity index is 1.56. The van der Waals surface area contributed by atoms with Gasteiger partial charge in [-0.2, -0.15) is 0 Å². The molecule has 31 heavy (non-hydrogen) atoms. The molecule has 3 aromatic carbocycles. The molecular formula is C23H18F2N4OS. The monoisotopic (exact) mass is 436 g/mol. The SMILES string of the molecule is O=C(CSc1nnc(Cc2ccccc2)n1-c1ccc(F)cc1)Nc1ccccc1F. The lowest BCUT2D eigenvalue weighted by Crippen LogP contribution is -2.15. The number of hydrogen-bond acceptors (Lipinski definition) is 4. The molecular weight excluding hydrogens is 418 g/mol. The van der Waals surface area contributed by atoms with Crippen LogP contribution in [0.2, 0.25) is 0 Å². The summed E-state index contributed by atoms with van der Waals surface area (Å²) in [6, 6.07) is 21.8. The number of halogens is 2. The summed E-state index contributed by atoms with van der Waals surface area (Å²) in [5.41, 5.74) is 1.86. The number of carbonyl (C=O) groups is 1. The number of benzene rings is 3. The Kier molecular flexibility index (Phi) is 6.37. The van der Waals surface area contributed by atoms with Crippen molar-refractivity contribution in [3.05, 3.63) is 102 Å². The fourth-order valence-corrected chi connectivity index (χ4v) is 3.79. The second-order valence-corrected chi connectivity index (χ2v) is 7.63. The number of aromatic nitrogens is 3. The molecule has 0 aliphatic heterocycles. The molecule has 0 aliphatic rings. The van der Waals surface area contributed by atoms with E-state index in [1.54, 1.807) is 28.8 Å².